The molecule has 1 saturated carbocycles. The summed E-state index contributed by atoms with van der Waals surface area (Å²) in [5.41, 5.74) is 0.453. The van der Waals surface area contributed by atoms with Gasteiger partial charge < -0.3 is 4.74 Å². The number of hydrogen-bond acceptors (Lipinski definition) is 3. The summed E-state index contributed by atoms with van der Waals surface area (Å²) in [6, 6.07) is 3.76. The van der Waals surface area contributed by atoms with Gasteiger partial charge in [-0.15, -0.1) is 0 Å². The lowest BCUT2D eigenvalue weighted by molar-refractivity contribution is -0.0586. The first-order valence-electron chi connectivity index (χ1n) is 7.40. The molecule has 0 spiro atoms. The van der Waals surface area contributed by atoms with Gasteiger partial charge in [0.15, 0.2) is 0 Å². The Hall–Kier alpha value is -0.980. The molecule has 2 aliphatic rings. The van der Waals surface area contributed by atoms with E-state index in [1.807, 2.05) is 0 Å². The van der Waals surface area contributed by atoms with Crippen LogP contribution in [0.25, 0.3) is 0 Å². The Labute approximate surface area is 125 Å². The molecule has 0 N–H and O–H groups in total. The number of sulfonamides is 1. The van der Waals surface area contributed by atoms with Crippen molar-refractivity contribution in [1.29, 1.82) is 0 Å². The highest BCUT2D eigenvalue weighted by Gasteiger charge is 2.41. The minimum atomic E-state index is -3.59. The van der Waals surface area contributed by atoms with Gasteiger partial charge in [-0.2, -0.15) is 4.31 Å². The van der Waals surface area contributed by atoms with E-state index < -0.39 is 15.8 Å². The second-order valence-electron chi connectivity index (χ2n) is 5.79. The molecule has 1 heterocycles. The Kier molecular flexibility index (Phi) is 4.03. The van der Waals surface area contributed by atoms with Crippen LogP contribution >= 0.6 is 0 Å². The van der Waals surface area contributed by atoms with Crippen molar-refractivity contribution in [2.45, 2.75) is 49.6 Å². The average molecular weight is 313 g/mol. The zero-order valence-electron chi connectivity index (χ0n) is 12.1. The fraction of sp³-hybridized carbons (Fsp3) is 0.600. The van der Waals surface area contributed by atoms with Crippen molar-refractivity contribution in [3.63, 3.8) is 0 Å². The summed E-state index contributed by atoms with van der Waals surface area (Å²) >= 11 is 0. The standard InChI is InChI=1S/C15H20FNO3S/c1-11-10-12(16)6-7-15(11)21(18,19)17-8-9-20-14-5-3-2-4-13(14)17/h6-7,10,13-14H,2-5,8-9H2,1H3/t13-,14-/m1/s1. The lowest BCUT2D eigenvalue weighted by atomic mass is 9.91. The number of aryl methyl sites for hydroxylation is 1. The number of morpholine rings is 1. The molecular formula is C15H20FNO3S. The van der Waals surface area contributed by atoms with Crippen LogP contribution in [0.3, 0.4) is 0 Å². The SMILES string of the molecule is Cc1cc(F)ccc1S(=O)(=O)N1CCO[C@@H]2CCCC[C@H]21. The van der Waals surface area contributed by atoms with Crippen LogP contribution in [-0.4, -0.2) is 38.0 Å². The first-order valence-corrected chi connectivity index (χ1v) is 8.84. The molecule has 1 aliphatic heterocycles. The first kappa shape index (κ1) is 14.9. The molecule has 0 amide bonds. The van der Waals surface area contributed by atoms with Crippen molar-refractivity contribution in [3.05, 3.63) is 29.6 Å². The number of fused-ring (bicyclic) bond motifs is 1. The highest BCUT2D eigenvalue weighted by atomic mass is 32.2. The maximum atomic E-state index is 13.2. The van der Waals surface area contributed by atoms with Gasteiger partial charge in [0.1, 0.15) is 5.82 Å². The highest BCUT2D eigenvalue weighted by molar-refractivity contribution is 7.89. The summed E-state index contributed by atoms with van der Waals surface area (Å²) in [7, 11) is -3.59. The lowest BCUT2D eigenvalue weighted by Crippen LogP contribution is -2.54. The third kappa shape index (κ3) is 2.72. The van der Waals surface area contributed by atoms with E-state index in [0.29, 0.717) is 18.7 Å². The normalized spacial score (nSPS) is 27.3. The van der Waals surface area contributed by atoms with Gasteiger partial charge in [0.2, 0.25) is 10.0 Å². The Morgan fingerprint density at radius 3 is 2.81 bits per heavy atom. The maximum Gasteiger partial charge on any atom is 0.243 e. The smallest absolute Gasteiger partial charge is 0.243 e. The summed E-state index contributed by atoms with van der Waals surface area (Å²) in [6.07, 6.45) is 3.87. The predicted molar refractivity (Wildman–Crippen MR) is 77.0 cm³/mol. The molecule has 1 aliphatic carbocycles. The van der Waals surface area contributed by atoms with Crippen molar-refractivity contribution in [3.8, 4) is 0 Å². The van der Waals surface area contributed by atoms with E-state index in [4.69, 9.17) is 4.74 Å². The van der Waals surface area contributed by atoms with Crippen LogP contribution in [0, 0.1) is 12.7 Å². The minimum Gasteiger partial charge on any atom is -0.375 e. The molecule has 2 fully saturated rings. The van der Waals surface area contributed by atoms with Crippen molar-refractivity contribution < 1.29 is 17.5 Å². The molecule has 0 unspecified atom stereocenters. The molecule has 4 nitrogen and oxygen atoms in total. The summed E-state index contributed by atoms with van der Waals surface area (Å²) < 4.78 is 46.4. The zero-order valence-corrected chi connectivity index (χ0v) is 12.9. The molecule has 21 heavy (non-hydrogen) atoms. The molecular weight excluding hydrogens is 293 g/mol. The summed E-state index contributed by atoms with van der Waals surface area (Å²) in [4.78, 5) is 0.204. The predicted octanol–water partition coefficient (Wildman–Crippen LogP) is 2.47. The molecule has 6 heteroatoms. The van der Waals surface area contributed by atoms with Crippen LogP contribution < -0.4 is 0 Å². The Balaban J connectivity index is 1.96. The van der Waals surface area contributed by atoms with E-state index in [1.165, 1.54) is 18.2 Å². The largest absolute Gasteiger partial charge is 0.375 e. The van der Waals surface area contributed by atoms with Crippen molar-refractivity contribution in [2.75, 3.05) is 13.2 Å². The number of benzene rings is 1. The van der Waals surface area contributed by atoms with Crippen LogP contribution in [-0.2, 0) is 14.8 Å². The highest BCUT2D eigenvalue weighted by Crippen LogP contribution is 2.33. The van der Waals surface area contributed by atoms with Gasteiger partial charge in [0.25, 0.3) is 0 Å². The van der Waals surface area contributed by atoms with Crippen LogP contribution in [0.5, 0.6) is 0 Å². The number of ether oxygens (including phenoxy) is 1. The molecule has 0 radical (unpaired) electrons. The molecule has 116 valence electrons. The van der Waals surface area contributed by atoms with Gasteiger partial charge in [-0.3, -0.25) is 0 Å². The topological polar surface area (TPSA) is 46.6 Å². The van der Waals surface area contributed by atoms with E-state index in [0.717, 1.165) is 25.7 Å². The zero-order chi connectivity index (χ0) is 15.0. The van der Waals surface area contributed by atoms with Crippen molar-refractivity contribution >= 4 is 10.0 Å². The number of halogens is 1. The fourth-order valence-corrected chi connectivity index (χ4v) is 5.26. The summed E-state index contributed by atoms with van der Waals surface area (Å²) in [6.45, 7) is 2.44. The maximum absolute atomic E-state index is 13.2. The molecule has 1 aromatic rings. The molecule has 3 rings (SSSR count). The molecule has 1 saturated heterocycles. The third-order valence-corrected chi connectivity index (χ3v) is 6.49. The van der Waals surface area contributed by atoms with Gasteiger partial charge in [-0.05, 0) is 43.5 Å². The monoisotopic (exact) mass is 313 g/mol. The van der Waals surface area contributed by atoms with Crippen LogP contribution in [0.1, 0.15) is 31.2 Å². The summed E-state index contributed by atoms with van der Waals surface area (Å²) in [5, 5.41) is 0. The number of rotatable bonds is 2. The third-order valence-electron chi connectivity index (χ3n) is 4.40. The Morgan fingerprint density at radius 1 is 1.29 bits per heavy atom. The van der Waals surface area contributed by atoms with Gasteiger partial charge >= 0.3 is 0 Å². The molecule has 0 bridgehead atoms. The quantitative estimate of drug-likeness (QED) is 0.842. The van der Waals surface area contributed by atoms with Gasteiger partial charge in [-0.1, -0.05) is 12.8 Å². The van der Waals surface area contributed by atoms with E-state index in [9.17, 15) is 12.8 Å². The van der Waals surface area contributed by atoms with Crippen LogP contribution in [0.15, 0.2) is 23.1 Å². The van der Waals surface area contributed by atoms with Gasteiger partial charge in [-0.25, -0.2) is 12.8 Å². The minimum absolute atomic E-state index is 0.00281. The Bertz CT molecular complexity index is 630. The molecule has 0 aromatic heterocycles. The molecule has 1 aromatic carbocycles. The van der Waals surface area contributed by atoms with E-state index in [-0.39, 0.29) is 17.0 Å². The fourth-order valence-electron chi connectivity index (χ4n) is 3.39. The van der Waals surface area contributed by atoms with Crippen LogP contribution in [0.2, 0.25) is 0 Å². The number of nitrogens with zero attached hydrogens (tertiary/aromatic N) is 1. The Morgan fingerprint density at radius 2 is 2.05 bits per heavy atom. The average Bonchev–Trinajstić information content (AvgIpc) is 2.46. The van der Waals surface area contributed by atoms with Crippen molar-refractivity contribution in [2.24, 2.45) is 0 Å². The second-order valence-corrected chi connectivity index (χ2v) is 7.65. The van der Waals surface area contributed by atoms with Gasteiger partial charge in [0.05, 0.1) is 23.6 Å². The van der Waals surface area contributed by atoms with E-state index >= 15 is 0 Å². The van der Waals surface area contributed by atoms with Gasteiger partial charge in [0, 0.05) is 6.54 Å². The molecule has 2 atom stereocenters. The number of hydrogen-bond donors (Lipinski definition) is 0. The van der Waals surface area contributed by atoms with Crippen LogP contribution in [0.4, 0.5) is 4.39 Å². The second kappa shape index (κ2) is 5.66. The van der Waals surface area contributed by atoms with E-state index in [1.54, 1.807) is 11.2 Å². The lowest BCUT2D eigenvalue weighted by Gasteiger charge is -2.42. The first-order chi connectivity index (χ1) is 10.00. The summed E-state index contributed by atoms with van der Waals surface area (Å²) in [5.74, 6) is -0.413. The van der Waals surface area contributed by atoms with E-state index in [2.05, 4.69) is 0 Å². The van der Waals surface area contributed by atoms with Crippen molar-refractivity contribution in [1.82, 2.24) is 4.31 Å².